The molecule has 2 aromatic rings. The number of halogens is 1. The fourth-order valence-corrected chi connectivity index (χ4v) is 4.08. The van der Waals surface area contributed by atoms with Crippen LogP contribution < -0.4 is 5.32 Å². The zero-order valence-electron chi connectivity index (χ0n) is 15.1. The van der Waals surface area contributed by atoms with Gasteiger partial charge in [0.2, 0.25) is 15.9 Å². The topological polar surface area (TPSA) is 75.7 Å². The van der Waals surface area contributed by atoms with Gasteiger partial charge in [0.15, 0.2) is 0 Å². The van der Waals surface area contributed by atoms with Gasteiger partial charge in [-0.3, -0.25) is 4.79 Å². The smallest absolute Gasteiger partial charge is 0.243 e. The van der Waals surface area contributed by atoms with Gasteiger partial charge in [0.05, 0.1) is 11.4 Å². The molecule has 0 aromatic heterocycles. The van der Waals surface area contributed by atoms with Crippen LogP contribution in [0.5, 0.6) is 0 Å². The molecule has 0 saturated carbocycles. The molecule has 0 heterocycles. The fraction of sp³-hybridized carbons (Fsp3) is 0.316. The summed E-state index contributed by atoms with van der Waals surface area (Å²) < 4.78 is 33.1. The third-order valence-electron chi connectivity index (χ3n) is 3.82. The van der Waals surface area contributed by atoms with E-state index in [-0.39, 0.29) is 23.9 Å². The number of rotatable bonds is 10. The van der Waals surface area contributed by atoms with Crippen molar-refractivity contribution >= 4 is 31.9 Å². The largest absolute Gasteiger partial charge is 0.385 e. The van der Waals surface area contributed by atoms with E-state index >= 15 is 0 Å². The first-order valence-electron chi connectivity index (χ1n) is 8.49. The number of amides is 1. The molecule has 2 aromatic carbocycles. The Morgan fingerprint density at radius 2 is 1.78 bits per heavy atom. The average Bonchev–Trinajstić information content (AvgIpc) is 2.66. The van der Waals surface area contributed by atoms with E-state index < -0.39 is 10.0 Å². The number of methoxy groups -OCH3 is 1. The van der Waals surface area contributed by atoms with Gasteiger partial charge in [0.25, 0.3) is 0 Å². The van der Waals surface area contributed by atoms with Crippen LogP contribution in [0.3, 0.4) is 0 Å². The van der Waals surface area contributed by atoms with Gasteiger partial charge >= 0.3 is 0 Å². The van der Waals surface area contributed by atoms with Crippen LogP contribution in [0.2, 0.25) is 0 Å². The molecular formula is C19H23BrN2O4S. The summed E-state index contributed by atoms with van der Waals surface area (Å²) in [6, 6.07) is 15.6. The highest BCUT2D eigenvalue weighted by atomic mass is 79.9. The molecule has 146 valence electrons. The lowest BCUT2D eigenvalue weighted by molar-refractivity contribution is -0.121. The number of nitrogens with one attached hydrogen (secondary N) is 1. The minimum absolute atomic E-state index is 0.116. The Kier molecular flexibility index (Phi) is 8.43. The Balaban J connectivity index is 2.18. The van der Waals surface area contributed by atoms with Gasteiger partial charge in [-0.25, -0.2) is 8.42 Å². The SMILES string of the molecule is COCCCNC(=O)CN(Cc1ccccc1)S(=O)(=O)c1ccc(Br)cc1. The van der Waals surface area contributed by atoms with Gasteiger partial charge in [0.1, 0.15) is 0 Å². The number of carbonyl (C=O) groups is 1. The number of nitrogens with zero attached hydrogens (tertiary/aromatic N) is 1. The van der Waals surface area contributed by atoms with Gasteiger partial charge in [-0.15, -0.1) is 0 Å². The number of sulfonamides is 1. The minimum Gasteiger partial charge on any atom is -0.385 e. The van der Waals surface area contributed by atoms with Crippen LogP contribution in [-0.2, 0) is 26.1 Å². The summed E-state index contributed by atoms with van der Waals surface area (Å²) in [6.45, 7) is 0.834. The molecule has 0 atom stereocenters. The molecule has 1 N–H and O–H groups in total. The third-order valence-corrected chi connectivity index (χ3v) is 6.16. The molecule has 2 rings (SSSR count). The predicted octanol–water partition coefficient (Wildman–Crippen LogP) is 2.79. The molecule has 0 radical (unpaired) electrons. The Bertz CT molecular complexity index is 827. The van der Waals surface area contributed by atoms with E-state index in [1.165, 1.54) is 16.4 Å². The van der Waals surface area contributed by atoms with E-state index in [0.717, 1.165) is 10.0 Å². The van der Waals surface area contributed by atoms with Crippen molar-refractivity contribution in [3.8, 4) is 0 Å². The lowest BCUT2D eigenvalue weighted by Gasteiger charge is -2.22. The number of carbonyl (C=O) groups excluding carboxylic acids is 1. The Labute approximate surface area is 168 Å². The second-order valence-corrected chi connectivity index (χ2v) is 8.76. The first-order valence-corrected chi connectivity index (χ1v) is 10.7. The second kappa shape index (κ2) is 10.6. The molecule has 0 bridgehead atoms. The van der Waals surface area contributed by atoms with Gasteiger partial charge in [-0.2, -0.15) is 4.31 Å². The molecule has 0 fully saturated rings. The summed E-state index contributed by atoms with van der Waals surface area (Å²) in [5.41, 5.74) is 0.811. The number of ether oxygens (including phenoxy) is 1. The molecular weight excluding hydrogens is 432 g/mol. The zero-order chi connectivity index (χ0) is 19.7. The molecule has 0 aliphatic heterocycles. The minimum atomic E-state index is -3.82. The van der Waals surface area contributed by atoms with Crippen molar-refractivity contribution in [3.05, 3.63) is 64.6 Å². The van der Waals surface area contributed by atoms with Gasteiger partial charge in [0, 0.05) is 31.3 Å². The van der Waals surface area contributed by atoms with E-state index in [1.54, 1.807) is 19.2 Å². The van der Waals surface area contributed by atoms with Crippen LogP contribution in [0.15, 0.2) is 64.0 Å². The second-order valence-electron chi connectivity index (χ2n) is 5.91. The maximum absolute atomic E-state index is 13.1. The summed E-state index contributed by atoms with van der Waals surface area (Å²) in [5.74, 6) is -0.345. The van der Waals surface area contributed by atoms with Crippen LogP contribution in [0.25, 0.3) is 0 Å². The standard InChI is InChI=1S/C19H23BrN2O4S/c1-26-13-5-12-21-19(23)15-22(14-16-6-3-2-4-7-16)27(24,25)18-10-8-17(20)9-11-18/h2-4,6-11H,5,12-15H2,1H3,(H,21,23). The van der Waals surface area contributed by atoms with Crippen LogP contribution in [-0.4, -0.2) is 45.4 Å². The van der Waals surface area contributed by atoms with Crippen LogP contribution in [0, 0.1) is 0 Å². The van der Waals surface area contributed by atoms with Crippen LogP contribution in [0.4, 0.5) is 0 Å². The summed E-state index contributed by atoms with van der Waals surface area (Å²) in [5, 5.41) is 2.73. The van der Waals surface area contributed by atoms with Gasteiger partial charge in [-0.1, -0.05) is 46.3 Å². The molecule has 27 heavy (non-hydrogen) atoms. The summed E-state index contributed by atoms with van der Waals surface area (Å²) >= 11 is 3.30. The zero-order valence-corrected chi connectivity index (χ0v) is 17.5. The van der Waals surface area contributed by atoms with Crippen molar-refractivity contribution in [3.63, 3.8) is 0 Å². The lowest BCUT2D eigenvalue weighted by Crippen LogP contribution is -2.40. The Hall–Kier alpha value is -1.74. The number of benzene rings is 2. The first kappa shape index (κ1) is 21.6. The molecule has 8 heteroatoms. The van der Waals surface area contributed by atoms with E-state index in [1.807, 2.05) is 30.3 Å². The third kappa shape index (κ3) is 6.73. The molecule has 0 aliphatic rings. The average molecular weight is 455 g/mol. The van der Waals surface area contributed by atoms with E-state index in [9.17, 15) is 13.2 Å². The fourth-order valence-electron chi connectivity index (χ4n) is 2.43. The van der Waals surface area contributed by atoms with Crippen molar-refractivity contribution in [2.75, 3.05) is 26.8 Å². The first-order chi connectivity index (χ1) is 12.9. The Morgan fingerprint density at radius 1 is 1.11 bits per heavy atom. The maximum Gasteiger partial charge on any atom is 0.243 e. The van der Waals surface area contributed by atoms with Crippen LogP contribution in [0.1, 0.15) is 12.0 Å². The van der Waals surface area contributed by atoms with E-state index in [0.29, 0.717) is 19.6 Å². The molecule has 0 unspecified atom stereocenters. The highest BCUT2D eigenvalue weighted by Gasteiger charge is 2.26. The van der Waals surface area contributed by atoms with Crippen LogP contribution >= 0.6 is 15.9 Å². The molecule has 0 saturated heterocycles. The monoisotopic (exact) mass is 454 g/mol. The summed E-state index contributed by atoms with van der Waals surface area (Å²) in [4.78, 5) is 12.4. The van der Waals surface area contributed by atoms with E-state index in [4.69, 9.17) is 4.74 Å². The lowest BCUT2D eigenvalue weighted by atomic mass is 10.2. The molecule has 1 amide bonds. The molecule has 0 spiro atoms. The van der Waals surface area contributed by atoms with E-state index in [2.05, 4.69) is 21.2 Å². The number of hydrogen-bond acceptors (Lipinski definition) is 4. The van der Waals surface area contributed by atoms with Crippen molar-refractivity contribution in [1.82, 2.24) is 9.62 Å². The van der Waals surface area contributed by atoms with Crippen molar-refractivity contribution in [2.45, 2.75) is 17.9 Å². The number of hydrogen-bond donors (Lipinski definition) is 1. The molecule has 0 aliphatic carbocycles. The molecule has 6 nitrogen and oxygen atoms in total. The van der Waals surface area contributed by atoms with Gasteiger partial charge in [-0.05, 0) is 36.2 Å². The predicted molar refractivity (Wildman–Crippen MR) is 108 cm³/mol. The quantitative estimate of drug-likeness (QED) is 0.560. The Morgan fingerprint density at radius 3 is 2.41 bits per heavy atom. The van der Waals surface area contributed by atoms with Crippen molar-refractivity contribution in [2.24, 2.45) is 0 Å². The summed E-state index contributed by atoms with van der Waals surface area (Å²) in [6.07, 6.45) is 0.667. The van der Waals surface area contributed by atoms with Crippen molar-refractivity contribution in [1.29, 1.82) is 0 Å². The normalized spacial score (nSPS) is 11.5. The van der Waals surface area contributed by atoms with Gasteiger partial charge < -0.3 is 10.1 Å². The van der Waals surface area contributed by atoms with Crippen molar-refractivity contribution < 1.29 is 17.9 Å². The highest BCUT2D eigenvalue weighted by molar-refractivity contribution is 9.10. The maximum atomic E-state index is 13.1. The highest BCUT2D eigenvalue weighted by Crippen LogP contribution is 2.20. The summed E-state index contributed by atoms with van der Waals surface area (Å²) in [7, 11) is -2.23.